The monoisotopic (exact) mass is 282 g/mol. The molecule has 0 saturated heterocycles. The lowest BCUT2D eigenvalue weighted by molar-refractivity contribution is 0.103. The summed E-state index contributed by atoms with van der Waals surface area (Å²) in [6.45, 7) is 4.10. The topological polar surface area (TPSA) is 35.5 Å². The van der Waals surface area contributed by atoms with Crippen molar-refractivity contribution in [3.63, 3.8) is 0 Å². The summed E-state index contributed by atoms with van der Waals surface area (Å²) in [6.07, 6.45) is 0.815. The average Bonchev–Trinajstić information content (AvgIpc) is 2.79. The van der Waals surface area contributed by atoms with E-state index in [-0.39, 0.29) is 11.4 Å². The van der Waals surface area contributed by atoms with Crippen LogP contribution < -0.4 is 9.47 Å². The molecule has 0 spiro atoms. The van der Waals surface area contributed by atoms with Gasteiger partial charge in [0.1, 0.15) is 17.1 Å². The van der Waals surface area contributed by atoms with Crippen molar-refractivity contribution in [1.29, 1.82) is 0 Å². The van der Waals surface area contributed by atoms with Gasteiger partial charge in [-0.25, -0.2) is 0 Å². The third-order valence-corrected chi connectivity index (χ3v) is 3.68. The number of benzene rings is 2. The molecule has 0 unspecified atom stereocenters. The van der Waals surface area contributed by atoms with Gasteiger partial charge in [-0.3, -0.25) is 4.79 Å². The second kappa shape index (κ2) is 4.92. The van der Waals surface area contributed by atoms with Crippen LogP contribution in [0.5, 0.6) is 11.5 Å². The molecule has 1 aliphatic rings. The lowest BCUT2D eigenvalue weighted by atomic mass is 9.97. The van der Waals surface area contributed by atoms with E-state index in [4.69, 9.17) is 9.47 Å². The first-order valence-corrected chi connectivity index (χ1v) is 7.00. The van der Waals surface area contributed by atoms with Gasteiger partial charge < -0.3 is 9.47 Å². The van der Waals surface area contributed by atoms with Gasteiger partial charge in [0.2, 0.25) is 0 Å². The molecule has 0 aliphatic carbocycles. The number of ketones is 1. The average molecular weight is 282 g/mol. The van der Waals surface area contributed by atoms with E-state index in [1.54, 1.807) is 19.2 Å². The molecule has 0 bridgehead atoms. The summed E-state index contributed by atoms with van der Waals surface area (Å²) >= 11 is 0. The van der Waals surface area contributed by atoms with Gasteiger partial charge in [0.25, 0.3) is 0 Å². The first kappa shape index (κ1) is 13.7. The lowest BCUT2D eigenvalue weighted by Gasteiger charge is -2.16. The zero-order chi connectivity index (χ0) is 15.0. The van der Waals surface area contributed by atoms with E-state index < -0.39 is 0 Å². The third kappa shape index (κ3) is 2.51. The molecule has 3 rings (SSSR count). The number of para-hydroxylation sites is 1. The summed E-state index contributed by atoms with van der Waals surface area (Å²) < 4.78 is 11.1. The van der Waals surface area contributed by atoms with Crippen LogP contribution in [0.1, 0.15) is 35.3 Å². The van der Waals surface area contributed by atoms with Crippen LogP contribution in [-0.4, -0.2) is 18.5 Å². The van der Waals surface area contributed by atoms with Gasteiger partial charge in [0, 0.05) is 12.0 Å². The number of hydrogen-bond donors (Lipinski definition) is 0. The number of ether oxygens (including phenoxy) is 2. The third-order valence-electron chi connectivity index (χ3n) is 3.68. The molecule has 108 valence electrons. The largest absolute Gasteiger partial charge is 0.496 e. The highest BCUT2D eigenvalue weighted by Gasteiger charge is 2.30. The highest BCUT2D eigenvalue weighted by atomic mass is 16.5. The molecule has 0 fully saturated rings. The molecule has 0 N–H and O–H groups in total. The summed E-state index contributed by atoms with van der Waals surface area (Å²) in [5, 5.41) is 0. The molecular formula is C18H18O3. The van der Waals surface area contributed by atoms with Crippen LogP contribution in [0, 0.1) is 0 Å². The molecule has 1 aliphatic heterocycles. The van der Waals surface area contributed by atoms with Gasteiger partial charge in [0.15, 0.2) is 5.78 Å². The molecule has 0 radical (unpaired) electrons. The van der Waals surface area contributed by atoms with E-state index in [0.29, 0.717) is 16.9 Å². The quantitative estimate of drug-likeness (QED) is 0.806. The Kier molecular flexibility index (Phi) is 3.20. The van der Waals surface area contributed by atoms with Crippen molar-refractivity contribution in [2.24, 2.45) is 0 Å². The highest BCUT2D eigenvalue weighted by Crippen LogP contribution is 2.35. The Morgan fingerprint density at radius 1 is 1.19 bits per heavy atom. The van der Waals surface area contributed by atoms with Crippen molar-refractivity contribution in [3.8, 4) is 11.5 Å². The van der Waals surface area contributed by atoms with Crippen molar-refractivity contribution in [2.45, 2.75) is 25.9 Å². The highest BCUT2D eigenvalue weighted by molar-refractivity contribution is 6.10. The van der Waals surface area contributed by atoms with Crippen molar-refractivity contribution in [1.82, 2.24) is 0 Å². The van der Waals surface area contributed by atoms with E-state index in [0.717, 1.165) is 17.7 Å². The standard InChI is InChI=1S/C18H18O3/c1-18(2)11-13-10-12(8-9-15(13)21-18)17(19)14-6-4-5-7-16(14)20-3/h4-10H,11H2,1-3H3. The number of carbonyl (C=O) groups is 1. The van der Waals surface area contributed by atoms with Crippen LogP contribution in [-0.2, 0) is 6.42 Å². The Balaban J connectivity index is 1.97. The zero-order valence-electron chi connectivity index (χ0n) is 12.5. The van der Waals surface area contributed by atoms with Crippen molar-refractivity contribution < 1.29 is 14.3 Å². The molecule has 3 heteroatoms. The fourth-order valence-electron chi connectivity index (χ4n) is 2.74. The predicted molar refractivity (Wildman–Crippen MR) is 81.3 cm³/mol. The van der Waals surface area contributed by atoms with Gasteiger partial charge in [0.05, 0.1) is 12.7 Å². The summed E-state index contributed by atoms with van der Waals surface area (Å²) in [5.41, 5.74) is 2.13. The SMILES string of the molecule is COc1ccccc1C(=O)c1ccc2c(c1)CC(C)(C)O2. The van der Waals surface area contributed by atoms with Crippen molar-refractivity contribution in [2.75, 3.05) is 7.11 Å². The normalized spacial score (nSPS) is 15.2. The predicted octanol–water partition coefficient (Wildman–Crippen LogP) is 3.64. The van der Waals surface area contributed by atoms with E-state index in [9.17, 15) is 4.79 Å². The molecular weight excluding hydrogens is 264 g/mol. The van der Waals surface area contributed by atoms with Crippen LogP contribution in [0.4, 0.5) is 0 Å². The number of carbonyl (C=O) groups excluding carboxylic acids is 1. The van der Waals surface area contributed by atoms with E-state index in [1.165, 1.54) is 0 Å². The van der Waals surface area contributed by atoms with Gasteiger partial charge in [-0.1, -0.05) is 12.1 Å². The second-order valence-corrected chi connectivity index (χ2v) is 5.89. The number of rotatable bonds is 3. The van der Waals surface area contributed by atoms with Crippen LogP contribution in [0.15, 0.2) is 42.5 Å². The molecule has 2 aromatic carbocycles. The minimum Gasteiger partial charge on any atom is -0.496 e. The van der Waals surface area contributed by atoms with Gasteiger partial charge in [-0.2, -0.15) is 0 Å². The van der Waals surface area contributed by atoms with Crippen molar-refractivity contribution >= 4 is 5.78 Å². The summed E-state index contributed by atoms with van der Waals surface area (Å²) in [4.78, 5) is 12.7. The lowest BCUT2D eigenvalue weighted by Crippen LogP contribution is -2.24. The fourth-order valence-corrected chi connectivity index (χ4v) is 2.74. The number of methoxy groups -OCH3 is 1. The maximum atomic E-state index is 12.7. The van der Waals surface area contributed by atoms with E-state index >= 15 is 0 Å². The number of fused-ring (bicyclic) bond motifs is 1. The molecule has 1 heterocycles. The first-order chi connectivity index (χ1) is 10.00. The van der Waals surface area contributed by atoms with E-state index in [2.05, 4.69) is 13.8 Å². The molecule has 0 saturated carbocycles. The Hall–Kier alpha value is -2.29. The van der Waals surface area contributed by atoms with Gasteiger partial charge in [-0.05, 0) is 49.7 Å². The van der Waals surface area contributed by atoms with Crippen molar-refractivity contribution in [3.05, 3.63) is 59.2 Å². The van der Waals surface area contributed by atoms with E-state index in [1.807, 2.05) is 30.3 Å². The molecule has 0 aromatic heterocycles. The smallest absolute Gasteiger partial charge is 0.196 e. The molecule has 21 heavy (non-hydrogen) atoms. The minimum atomic E-state index is -0.200. The van der Waals surface area contributed by atoms with Crippen LogP contribution in [0.25, 0.3) is 0 Å². The Labute approximate surface area is 124 Å². The summed E-state index contributed by atoms with van der Waals surface area (Å²) in [6, 6.07) is 12.9. The Morgan fingerprint density at radius 3 is 2.71 bits per heavy atom. The Morgan fingerprint density at radius 2 is 1.95 bits per heavy atom. The molecule has 3 nitrogen and oxygen atoms in total. The zero-order valence-corrected chi connectivity index (χ0v) is 12.5. The van der Waals surface area contributed by atoms with Crippen LogP contribution in [0.2, 0.25) is 0 Å². The molecule has 0 amide bonds. The maximum absolute atomic E-state index is 12.7. The van der Waals surface area contributed by atoms with Crippen LogP contribution in [0.3, 0.4) is 0 Å². The fraction of sp³-hybridized carbons (Fsp3) is 0.278. The second-order valence-electron chi connectivity index (χ2n) is 5.89. The molecule has 2 aromatic rings. The Bertz CT molecular complexity index is 701. The first-order valence-electron chi connectivity index (χ1n) is 7.00. The van der Waals surface area contributed by atoms with Gasteiger partial charge >= 0.3 is 0 Å². The molecule has 0 atom stereocenters. The van der Waals surface area contributed by atoms with Crippen LogP contribution >= 0.6 is 0 Å². The summed E-state index contributed by atoms with van der Waals surface area (Å²) in [7, 11) is 1.57. The number of hydrogen-bond acceptors (Lipinski definition) is 3. The summed E-state index contributed by atoms with van der Waals surface area (Å²) in [5.74, 6) is 1.44. The minimum absolute atomic E-state index is 0.0278. The van der Waals surface area contributed by atoms with Gasteiger partial charge in [-0.15, -0.1) is 0 Å². The maximum Gasteiger partial charge on any atom is 0.196 e.